The molecular formula is C20H22FN3O4S2. The summed E-state index contributed by atoms with van der Waals surface area (Å²) < 4.78 is 51.2. The summed E-state index contributed by atoms with van der Waals surface area (Å²) in [4.78, 5) is 0.171. The fourth-order valence-electron chi connectivity index (χ4n) is 2.83. The van der Waals surface area contributed by atoms with Crippen molar-refractivity contribution in [3.05, 3.63) is 53.8 Å². The summed E-state index contributed by atoms with van der Waals surface area (Å²) in [5.41, 5.74) is 1.25. The Morgan fingerprint density at radius 3 is 2.57 bits per heavy atom. The summed E-state index contributed by atoms with van der Waals surface area (Å²) >= 11 is 1.26. The molecule has 0 N–H and O–H groups in total. The number of hydrogen-bond donors (Lipinski definition) is 0. The van der Waals surface area contributed by atoms with Crippen molar-refractivity contribution >= 4 is 21.8 Å². The van der Waals surface area contributed by atoms with Gasteiger partial charge in [-0.3, -0.25) is 0 Å². The number of thioether (sulfide) groups is 1. The van der Waals surface area contributed by atoms with E-state index in [1.54, 1.807) is 44.2 Å². The molecule has 0 bridgehead atoms. The Bertz CT molecular complexity index is 1110. The molecule has 0 unspecified atom stereocenters. The highest BCUT2D eigenvalue weighted by Crippen LogP contribution is 2.28. The average molecular weight is 452 g/mol. The quantitative estimate of drug-likeness (QED) is 0.451. The van der Waals surface area contributed by atoms with Gasteiger partial charge in [-0.15, -0.1) is 10.2 Å². The van der Waals surface area contributed by atoms with E-state index in [0.29, 0.717) is 29.6 Å². The second-order valence-corrected chi connectivity index (χ2v) is 9.11. The SMILES string of the molecule is CCN(CC)S(=O)(=O)c1cccc(-c2nnc(SCc3ccc(OC)c(F)c3)o2)c1. The van der Waals surface area contributed by atoms with Crippen molar-refractivity contribution in [3.8, 4) is 17.2 Å². The van der Waals surface area contributed by atoms with E-state index in [1.807, 2.05) is 0 Å². The van der Waals surface area contributed by atoms with Crippen LogP contribution < -0.4 is 4.74 Å². The first-order valence-electron chi connectivity index (χ1n) is 9.28. The van der Waals surface area contributed by atoms with Gasteiger partial charge < -0.3 is 9.15 Å². The van der Waals surface area contributed by atoms with E-state index in [2.05, 4.69) is 10.2 Å². The second kappa shape index (κ2) is 9.59. The van der Waals surface area contributed by atoms with E-state index >= 15 is 0 Å². The molecule has 0 aliphatic rings. The lowest BCUT2D eigenvalue weighted by molar-refractivity contribution is 0.386. The first-order valence-corrected chi connectivity index (χ1v) is 11.7. The van der Waals surface area contributed by atoms with E-state index in [0.717, 1.165) is 5.56 Å². The van der Waals surface area contributed by atoms with Gasteiger partial charge in [0.1, 0.15) is 0 Å². The van der Waals surface area contributed by atoms with E-state index in [1.165, 1.54) is 35.3 Å². The molecule has 0 aliphatic heterocycles. The smallest absolute Gasteiger partial charge is 0.277 e. The van der Waals surface area contributed by atoms with Gasteiger partial charge in [0.15, 0.2) is 11.6 Å². The normalized spacial score (nSPS) is 11.8. The molecule has 0 saturated carbocycles. The summed E-state index contributed by atoms with van der Waals surface area (Å²) in [7, 11) is -2.18. The molecular weight excluding hydrogens is 429 g/mol. The number of benzene rings is 2. The van der Waals surface area contributed by atoms with Gasteiger partial charge in [-0.2, -0.15) is 4.31 Å². The third kappa shape index (κ3) is 4.82. The molecule has 0 radical (unpaired) electrons. The number of ether oxygens (including phenoxy) is 1. The van der Waals surface area contributed by atoms with E-state index in [9.17, 15) is 12.8 Å². The van der Waals surface area contributed by atoms with Gasteiger partial charge in [-0.25, -0.2) is 12.8 Å². The van der Waals surface area contributed by atoms with Gasteiger partial charge in [0.05, 0.1) is 12.0 Å². The zero-order valence-corrected chi connectivity index (χ0v) is 18.5. The van der Waals surface area contributed by atoms with Crippen molar-refractivity contribution in [1.82, 2.24) is 14.5 Å². The van der Waals surface area contributed by atoms with Crippen LogP contribution in [0.15, 0.2) is 57.0 Å². The minimum atomic E-state index is -3.59. The van der Waals surface area contributed by atoms with Crippen LogP contribution in [0.25, 0.3) is 11.5 Å². The van der Waals surface area contributed by atoms with E-state index < -0.39 is 15.8 Å². The molecule has 3 aromatic rings. The van der Waals surface area contributed by atoms with Crippen LogP contribution in [0.4, 0.5) is 4.39 Å². The molecule has 0 atom stereocenters. The van der Waals surface area contributed by atoms with Crippen LogP contribution in [0.3, 0.4) is 0 Å². The summed E-state index contributed by atoms with van der Waals surface area (Å²) in [5, 5.41) is 8.31. The lowest BCUT2D eigenvalue weighted by atomic mass is 10.2. The molecule has 160 valence electrons. The maximum atomic E-state index is 13.8. The van der Waals surface area contributed by atoms with Gasteiger partial charge in [0.2, 0.25) is 15.9 Å². The van der Waals surface area contributed by atoms with Crippen LogP contribution in [0.5, 0.6) is 5.75 Å². The van der Waals surface area contributed by atoms with Gasteiger partial charge in [0.25, 0.3) is 5.22 Å². The predicted octanol–water partition coefficient (Wildman–Crippen LogP) is 4.21. The highest BCUT2D eigenvalue weighted by atomic mass is 32.2. The Balaban J connectivity index is 1.75. The molecule has 0 spiro atoms. The lowest BCUT2D eigenvalue weighted by Crippen LogP contribution is -2.30. The summed E-state index contributed by atoms with van der Waals surface area (Å²) in [5.74, 6) is 0.394. The van der Waals surface area contributed by atoms with E-state index in [4.69, 9.17) is 9.15 Å². The lowest BCUT2D eigenvalue weighted by Gasteiger charge is -2.18. The fourth-order valence-corrected chi connectivity index (χ4v) is 5.04. The van der Waals surface area contributed by atoms with Crippen molar-refractivity contribution in [2.75, 3.05) is 20.2 Å². The van der Waals surface area contributed by atoms with Crippen LogP contribution in [-0.4, -0.2) is 43.1 Å². The van der Waals surface area contributed by atoms with Crippen molar-refractivity contribution in [2.24, 2.45) is 0 Å². The maximum Gasteiger partial charge on any atom is 0.277 e. The average Bonchev–Trinajstić information content (AvgIpc) is 3.22. The Morgan fingerprint density at radius 2 is 1.90 bits per heavy atom. The monoisotopic (exact) mass is 451 g/mol. The Labute approximate surface area is 179 Å². The van der Waals surface area contributed by atoms with Crippen molar-refractivity contribution < 1.29 is 22.0 Å². The van der Waals surface area contributed by atoms with Crippen LogP contribution >= 0.6 is 11.8 Å². The van der Waals surface area contributed by atoms with Crippen LogP contribution in [0.2, 0.25) is 0 Å². The number of halogens is 1. The molecule has 7 nitrogen and oxygen atoms in total. The van der Waals surface area contributed by atoms with Crippen molar-refractivity contribution in [3.63, 3.8) is 0 Å². The Morgan fingerprint density at radius 1 is 1.13 bits per heavy atom. The molecule has 2 aromatic carbocycles. The largest absolute Gasteiger partial charge is 0.494 e. The van der Waals surface area contributed by atoms with Crippen LogP contribution in [-0.2, 0) is 15.8 Å². The zero-order chi connectivity index (χ0) is 21.7. The number of sulfonamides is 1. The van der Waals surface area contributed by atoms with Crippen molar-refractivity contribution in [1.29, 1.82) is 0 Å². The standard InChI is InChI=1S/C20H22FN3O4S2/c1-4-24(5-2)30(25,26)16-8-6-7-15(12-16)19-22-23-20(28-19)29-13-14-9-10-18(27-3)17(21)11-14/h6-12H,4-5,13H2,1-3H3. The second-order valence-electron chi connectivity index (χ2n) is 6.25. The number of methoxy groups -OCH3 is 1. The Kier molecular flexibility index (Phi) is 7.11. The minimum Gasteiger partial charge on any atom is -0.494 e. The highest BCUT2D eigenvalue weighted by Gasteiger charge is 2.22. The number of rotatable bonds is 9. The first kappa shape index (κ1) is 22.3. The third-order valence-corrected chi connectivity index (χ3v) is 7.34. The van der Waals surface area contributed by atoms with Crippen LogP contribution in [0.1, 0.15) is 19.4 Å². The van der Waals surface area contributed by atoms with Gasteiger partial charge in [0, 0.05) is 24.4 Å². The predicted molar refractivity (Wildman–Crippen MR) is 112 cm³/mol. The summed E-state index contributed by atoms with van der Waals surface area (Å²) in [6, 6.07) is 11.1. The minimum absolute atomic E-state index is 0.171. The molecule has 0 aliphatic carbocycles. The molecule has 0 amide bonds. The fraction of sp³-hybridized carbons (Fsp3) is 0.300. The molecule has 0 saturated heterocycles. The topological polar surface area (TPSA) is 85.5 Å². The molecule has 1 heterocycles. The zero-order valence-electron chi connectivity index (χ0n) is 16.8. The van der Waals surface area contributed by atoms with Crippen molar-refractivity contribution in [2.45, 2.75) is 29.7 Å². The van der Waals surface area contributed by atoms with Gasteiger partial charge >= 0.3 is 0 Å². The Hall–Kier alpha value is -2.43. The molecule has 30 heavy (non-hydrogen) atoms. The first-order chi connectivity index (χ1) is 14.4. The molecule has 3 rings (SSSR count). The third-order valence-electron chi connectivity index (χ3n) is 4.41. The highest BCUT2D eigenvalue weighted by molar-refractivity contribution is 7.98. The summed E-state index contributed by atoms with van der Waals surface area (Å²) in [6.45, 7) is 4.36. The van der Waals surface area contributed by atoms with E-state index in [-0.39, 0.29) is 16.5 Å². The number of hydrogen-bond acceptors (Lipinski definition) is 7. The van der Waals surface area contributed by atoms with Gasteiger partial charge in [-0.05, 0) is 35.9 Å². The maximum absolute atomic E-state index is 13.8. The molecule has 0 fully saturated rings. The van der Waals surface area contributed by atoms with Gasteiger partial charge in [-0.1, -0.05) is 37.7 Å². The summed E-state index contributed by atoms with van der Waals surface area (Å²) in [6.07, 6.45) is 0. The van der Waals surface area contributed by atoms with Crippen LogP contribution in [0, 0.1) is 5.82 Å². The molecule has 1 aromatic heterocycles. The number of aromatic nitrogens is 2. The molecule has 10 heteroatoms. The number of nitrogens with zero attached hydrogens (tertiary/aromatic N) is 3.